The Balaban J connectivity index is 1.70. The van der Waals surface area contributed by atoms with Crippen molar-refractivity contribution < 1.29 is 17.9 Å². The molecule has 1 aromatic rings. The molecule has 1 aromatic carbocycles. The summed E-state index contributed by atoms with van der Waals surface area (Å²) in [6, 6.07) is 6.75. The number of piperidine rings is 1. The van der Waals surface area contributed by atoms with Crippen LogP contribution in [0.15, 0.2) is 24.3 Å². The largest absolute Gasteiger partial charge is 0.573 e. The minimum atomic E-state index is -4.63. The molecule has 2 aliphatic heterocycles. The second-order valence-electron chi connectivity index (χ2n) is 5.90. The Hall–Kier alpha value is -1.43. The Morgan fingerprint density at radius 3 is 2.48 bits per heavy atom. The fraction of sp³-hybridized carbons (Fsp3) is 0.600. The van der Waals surface area contributed by atoms with Gasteiger partial charge >= 0.3 is 6.36 Å². The van der Waals surface area contributed by atoms with Gasteiger partial charge in [0.25, 0.3) is 0 Å². The highest BCUT2D eigenvalue weighted by Gasteiger charge is 2.37. The van der Waals surface area contributed by atoms with E-state index in [-0.39, 0.29) is 5.75 Å². The minimum Gasteiger partial charge on any atom is -0.406 e. The van der Waals surface area contributed by atoms with Gasteiger partial charge in [-0.2, -0.15) is 0 Å². The van der Waals surface area contributed by atoms with E-state index in [1.807, 2.05) is 0 Å². The minimum absolute atomic E-state index is 0.162. The van der Waals surface area contributed by atoms with E-state index < -0.39 is 6.36 Å². The van der Waals surface area contributed by atoms with Gasteiger partial charge in [0.1, 0.15) is 5.75 Å². The summed E-state index contributed by atoms with van der Waals surface area (Å²) in [5.41, 5.74) is 0.988. The molecule has 6 heteroatoms. The molecule has 0 radical (unpaired) electrons. The summed E-state index contributed by atoms with van der Waals surface area (Å²) in [5.74, 6) is 0.500. The summed E-state index contributed by atoms with van der Waals surface area (Å²) in [4.78, 5) is 4.68. The summed E-state index contributed by atoms with van der Waals surface area (Å²) < 4.78 is 40.4. The van der Waals surface area contributed by atoms with Crippen molar-refractivity contribution in [3.05, 3.63) is 24.3 Å². The van der Waals surface area contributed by atoms with Crippen LogP contribution in [0.2, 0.25) is 0 Å². The quantitative estimate of drug-likeness (QED) is 0.834. The molecule has 2 saturated heterocycles. The third kappa shape index (κ3) is 3.26. The average Bonchev–Trinajstić information content (AvgIpc) is 2.80. The molecule has 116 valence electrons. The molecule has 0 amide bonds. The fourth-order valence-electron chi connectivity index (χ4n) is 3.53. The molecule has 0 saturated carbocycles. The van der Waals surface area contributed by atoms with E-state index in [9.17, 15) is 13.2 Å². The lowest BCUT2D eigenvalue weighted by Gasteiger charge is -2.37. The molecule has 0 aromatic heterocycles. The molecule has 0 aliphatic carbocycles. The van der Waals surface area contributed by atoms with Crippen LogP contribution < -0.4 is 9.64 Å². The van der Waals surface area contributed by atoms with Gasteiger partial charge in [-0.1, -0.05) is 0 Å². The monoisotopic (exact) mass is 300 g/mol. The molecular formula is C15H19F3N2O. The number of rotatable bonds is 2. The zero-order valence-corrected chi connectivity index (χ0v) is 11.9. The summed E-state index contributed by atoms with van der Waals surface area (Å²) >= 11 is 0. The highest BCUT2D eigenvalue weighted by molar-refractivity contribution is 5.51. The van der Waals surface area contributed by atoms with Gasteiger partial charge in [0, 0.05) is 24.8 Å². The van der Waals surface area contributed by atoms with Crippen molar-refractivity contribution in [3.8, 4) is 5.75 Å². The molecule has 2 aliphatic rings. The number of fused-ring (bicyclic) bond motifs is 1. The molecule has 21 heavy (non-hydrogen) atoms. The van der Waals surface area contributed by atoms with Gasteiger partial charge in [-0.15, -0.1) is 13.2 Å². The van der Waals surface area contributed by atoms with Crippen molar-refractivity contribution in [2.24, 2.45) is 5.92 Å². The van der Waals surface area contributed by atoms with E-state index in [4.69, 9.17) is 0 Å². The third-order valence-corrected chi connectivity index (χ3v) is 4.44. The van der Waals surface area contributed by atoms with Gasteiger partial charge in [-0.3, -0.25) is 0 Å². The Kier molecular flexibility index (Phi) is 3.73. The zero-order chi connectivity index (χ0) is 15.0. The third-order valence-electron chi connectivity index (χ3n) is 4.44. The van der Waals surface area contributed by atoms with Gasteiger partial charge in [0.15, 0.2) is 0 Å². The van der Waals surface area contributed by atoms with Crippen LogP contribution in [-0.4, -0.2) is 44.0 Å². The second kappa shape index (κ2) is 5.40. The van der Waals surface area contributed by atoms with Crippen molar-refractivity contribution in [1.29, 1.82) is 0 Å². The highest BCUT2D eigenvalue weighted by atomic mass is 19.4. The van der Waals surface area contributed by atoms with E-state index >= 15 is 0 Å². The predicted molar refractivity (Wildman–Crippen MR) is 74.5 cm³/mol. The normalized spacial score (nSPS) is 26.8. The maximum Gasteiger partial charge on any atom is 0.573 e. The maximum atomic E-state index is 12.2. The van der Waals surface area contributed by atoms with Gasteiger partial charge in [-0.25, -0.2) is 0 Å². The summed E-state index contributed by atoms with van der Waals surface area (Å²) in [7, 11) is 2.14. The maximum absolute atomic E-state index is 12.2. The number of nitrogens with zero attached hydrogens (tertiary/aromatic N) is 2. The van der Waals surface area contributed by atoms with E-state index in [1.165, 1.54) is 12.1 Å². The van der Waals surface area contributed by atoms with Gasteiger partial charge < -0.3 is 14.5 Å². The molecule has 2 fully saturated rings. The summed E-state index contributed by atoms with van der Waals surface area (Å²) in [6.45, 7) is 3.16. The smallest absolute Gasteiger partial charge is 0.406 e. The number of anilines is 1. The average molecular weight is 300 g/mol. The molecule has 0 spiro atoms. The van der Waals surface area contributed by atoms with Crippen molar-refractivity contribution >= 4 is 5.69 Å². The number of halogens is 3. The molecule has 0 bridgehead atoms. The lowest BCUT2D eigenvalue weighted by molar-refractivity contribution is -0.274. The van der Waals surface area contributed by atoms with E-state index in [1.54, 1.807) is 12.1 Å². The molecular weight excluding hydrogens is 281 g/mol. The topological polar surface area (TPSA) is 15.7 Å². The number of alkyl halides is 3. The number of likely N-dealkylation sites (tertiary alicyclic amines) is 1. The van der Waals surface area contributed by atoms with Gasteiger partial charge in [-0.05, 0) is 56.6 Å². The first kappa shape index (κ1) is 14.5. The number of hydrogen-bond donors (Lipinski definition) is 0. The summed E-state index contributed by atoms with van der Waals surface area (Å²) in [6.07, 6.45) is -2.37. The zero-order valence-electron chi connectivity index (χ0n) is 11.9. The van der Waals surface area contributed by atoms with Crippen LogP contribution in [-0.2, 0) is 0 Å². The molecule has 2 atom stereocenters. The summed E-state index contributed by atoms with van der Waals surface area (Å²) in [5, 5.41) is 0. The molecule has 3 nitrogen and oxygen atoms in total. The number of benzene rings is 1. The van der Waals surface area contributed by atoms with Crippen molar-refractivity contribution in [1.82, 2.24) is 4.90 Å². The van der Waals surface area contributed by atoms with Crippen LogP contribution in [0.25, 0.3) is 0 Å². The van der Waals surface area contributed by atoms with Gasteiger partial charge in [0.05, 0.1) is 0 Å². The van der Waals surface area contributed by atoms with E-state index in [0.717, 1.165) is 38.2 Å². The fourth-order valence-corrected chi connectivity index (χ4v) is 3.53. The van der Waals surface area contributed by atoms with Crippen molar-refractivity contribution in [2.75, 3.05) is 31.6 Å². The second-order valence-corrected chi connectivity index (χ2v) is 5.90. The number of hydrogen-bond acceptors (Lipinski definition) is 3. The van der Waals surface area contributed by atoms with Gasteiger partial charge in [0.2, 0.25) is 0 Å². The molecule has 2 heterocycles. The molecule has 0 unspecified atom stereocenters. The predicted octanol–water partition coefficient (Wildman–Crippen LogP) is 3.12. The van der Waals surface area contributed by atoms with Crippen LogP contribution in [0.3, 0.4) is 0 Å². The first-order valence-corrected chi connectivity index (χ1v) is 7.23. The molecule has 3 rings (SSSR count). The number of ether oxygens (including phenoxy) is 1. The van der Waals surface area contributed by atoms with Crippen molar-refractivity contribution in [2.45, 2.75) is 25.2 Å². The van der Waals surface area contributed by atoms with E-state index in [0.29, 0.717) is 12.0 Å². The first-order chi connectivity index (χ1) is 9.92. The first-order valence-electron chi connectivity index (χ1n) is 7.23. The highest BCUT2D eigenvalue weighted by Crippen LogP contribution is 2.35. The lowest BCUT2D eigenvalue weighted by atomic mass is 9.93. The van der Waals surface area contributed by atoms with Crippen LogP contribution in [0, 0.1) is 5.92 Å². The van der Waals surface area contributed by atoms with Crippen LogP contribution in [0.5, 0.6) is 5.75 Å². The molecule has 0 N–H and O–H groups in total. The Morgan fingerprint density at radius 1 is 1.10 bits per heavy atom. The Morgan fingerprint density at radius 2 is 1.81 bits per heavy atom. The van der Waals surface area contributed by atoms with E-state index in [2.05, 4.69) is 21.6 Å². The Bertz CT molecular complexity index is 489. The van der Waals surface area contributed by atoms with Crippen LogP contribution in [0.1, 0.15) is 12.8 Å². The Labute approximate surface area is 122 Å². The van der Waals surface area contributed by atoms with Crippen LogP contribution >= 0.6 is 0 Å². The van der Waals surface area contributed by atoms with Crippen molar-refractivity contribution in [3.63, 3.8) is 0 Å². The van der Waals surface area contributed by atoms with Crippen LogP contribution in [0.4, 0.5) is 18.9 Å². The lowest BCUT2D eigenvalue weighted by Crippen LogP contribution is -2.44. The standard InChI is InChI=1S/C15H19F3N2O/c1-19-8-7-14-11(10-19)6-9-20(14)12-2-4-13(5-3-12)21-15(16,17)18/h2-5,11,14H,6-10H2,1H3/t11-,14+/m0/s1. The SMILES string of the molecule is CN1CC[C@@H]2[C@@H](CCN2c2ccc(OC(F)(F)F)cc2)C1.